The van der Waals surface area contributed by atoms with E-state index in [9.17, 15) is 9.59 Å². The Labute approximate surface area is 156 Å². The van der Waals surface area contributed by atoms with E-state index >= 15 is 0 Å². The van der Waals surface area contributed by atoms with Crippen molar-refractivity contribution in [2.45, 2.75) is 19.4 Å². The molecule has 2 fully saturated rings. The maximum Gasteiger partial charge on any atom is 0.319 e. The monoisotopic (exact) mass is 361 g/mol. The Kier molecular flexibility index (Phi) is 8.03. The molecule has 2 saturated heterocycles. The molecule has 26 heavy (non-hydrogen) atoms. The lowest BCUT2D eigenvalue weighted by Gasteiger charge is -2.45. The van der Waals surface area contributed by atoms with Gasteiger partial charge in [0.2, 0.25) is 0 Å². The van der Waals surface area contributed by atoms with Crippen LogP contribution in [-0.4, -0.2) is 81.0 Å². The Morgan fingerprint density at radius 1 is 1.31 bits per heavy atom. The number of aldehydes is 1. The fourth-order valence-corrected chi connectivity index (χ4v) is 3.34. The van der Waals surface area contributed by atoms with Gasteiger partial charge in [0.15, 0.2) is 0 Å². The van der Waals surface area contributed by atoms with Gasteiger partial charge in [-0.05, 0) is 25.6 Å². The van der Waals surface area contributed by atoms with E-state index in [1.165, 1.54) is 44.2 Å². The smallest absolute Gasteiger partial charge is 0.319 e. The molecule has 2 aliphatic rings. The molecule has 0 saturated carbocycles. The normalized spacial score (nSPS) is 18.4. The molecule has 0 spiro atoms. The average molecular weight is 361 g/mol. The number of piperazine rings is 1. The number of nitrogens with zero attached hydrogens (tertiary/aromatic N) is 3. The van der Waals surface area contributed by atoms with E-state index in [0.29, 0.717) is 6.54 Å². The standard InChI is InChI=1S/C11H14N2O2.C8H17N3/c1-9-5-2-3-6-10(9)13(11(12)15)7-4-8-14;1-10-6-8(7-10)11-4-2-9-3-5-11/h2-3,5-6,8H,4,7H2,1H3,(H2,12,15);8-9H,2-7H2,1H3. The highest BCUT2D eigenvalue weighted by Crippen LogP contribution is 2.19. The van der Waals surface area contributed by atoms with Crippen LogP contribution in [0.15, 0.2) is 24.3 Å². The number of para-hydroxylation sites is 1. The molecule has 0 aromatic heterocycles. The number of anilines is 1. The van der Waals surface area contributed by atoms with E-state index in [1.807, 2.05) is 31.2 Å². The molecule has 0 unspecified atom stereocenters. The van der Waals surface area contributed by atoms with Crippen molar-refractivity contribution >= 4 is 18.0 Å². The third-order valence-corrected chi connectivity index (χ3v) is 4.86. The van der Waals surface area contributed by atoms with Crippen LogP contribution in [0.3, 0.4) is 0 Å². The predicted octanol–water partition coefficient (Wildman–Crippen LogP) is 0.675. The molecule has 7 heteroatoms. The third-order valence-electron chi connectivity index (χ3n) is 4.86. The zero-order chi connectivity index (χ0) is 18.9. The lowest BCUT2D eigenvalue weighted by atomic mass is 10.1. The summed E-state index contributed by atoms with van der Waals surface area (Å²) < 4.78 is 0. The summed E-state index contributed by atoms with van der Waals surface area (Å²) in [7, 11) is 2.19. The number of urea groups is 1. The Balaban J connectivity index is 0.000000195. The highest BCUT2D eigenvalue weighted by atomic mass is 16.2. The number of aryl methyl sites for hydroxylation is 1. The number of nitrogens with one attached hydrogen (secondary N) is 1. The van der Waals surface area contributed by atoms with Crippen molar-refractivity contribution in [3.63, 3.8) is 0 Å². The van der Waals surface area contributed by atoms with Gasteiger partial charge in [0, 0.05) is 64.0 Å². The second-order valence-corrected chi connectivity index (χ2v) is 6.89. The van der Waals surface area contributed by atoms with E-state index in [0.717, 1.165) is 23.6 Å². The Bertz CT molecular complexity index is 583. The van der Waals surface area contributed by atoms with Crippen molar-refractivity contribution in [1.29, 1.82) is 0 Å². The number of amides is 2. The molecule has 1 aromatic rings. The minimum absolute atomic E-state index is 0.289. The lowest BCUT2D eigenvalue weighted by Crippen LogP contribution is -2.61. The highest BCUT2D eigenvalue weighted by molar-refractivity contribution is 5.91. The Morgan fingerprint density at radius 3 is 2.50 bits per heavy atom. The van der Waals surface area contributed by atoms with Crippen LogP contribution in [-0.2, 0) is 4.79 Å². The molecule has 144 valence electrons. The van der Waals surface area contributed by atoms with Gasteiger partial charge in [-0.3, -0.25) is 9.80 Å². The van der Waals surface area contributed by atoms with E-state index in [1.54, 1.807) is 0 Å². The molecule has 0 aliphatic carbocycles. The molecular formula is C19H31N5O2. The van der Waals surface area contributed by atoms with Crippen molar-refractivity contribution < 1.29 is 9.59 Å². The van der Waals surface area contributed by atoms with Gasteiger partial charge < -0.3 is 20.7 Å². The lowest BCUT2D eigenvalue weighted by molar-refractivity contribution is -0.107. The van der Waals surface area contributed by atoms with E-state index in [-0.39, 0.29) is 6.42 Å². The molecule has 3 N–H and O–H groups in total. The van der Waals surface area contributed by atoms with E-state index in [4.69, 9.17) is 5.73 Å². The Morgan fingerprint density at radius 2 is 1.96 bits per heavy atom. The Hall–Kier alpha value is -1.96. The number of carbonyl (C=O) groups is 2. The largest absolute Gasteiger partial charge is 0.351 e. The van der Waals surface area contributed by atoms with Gasteiger partial charge in [0.1, 0.15) is 6.29 Å². The molecule has 1 aromatic carbocycles. The topological polar surface area (TPSA) is 81.9 Å². The molecule has 3 rings (SSSR count). The van der Waals surface area contributed by atoms with Crippen molar-refractivity contribution in [2.24, 2.45) is 5.73 Å². The number of likely N-dealkylation sites (N-methyl/N-ethyl adjacent to an activating group) is 1. The second kappa shape index (κ2) is 10.3. The molecule has 2 heterocycles. The number of benzene rings is 1. The van der Waals surface area contributed by atoms with Crippen LogP contribution in [0.25, 0.3) is 0 Å². The number of nitrogens with two attached hydrogens (primary N) is 1. The summed E-state index contributed by atoms with van der Waals surface area (Å²) in [6, 6.07) is 7.75. The molecule has 7 nitrogen and oxygen atoms in total. The van der Waals surface area contributed by atoms with Crippen LogP contribution < -0.4 is 16.0 Å². The summed E-state index contributed by atoms with van der Waals surface area (Å²) >= 11 is 0. The van der Waals surface area contributed by atoms with Gasteiger partial charge in [0.05, 0.1) is 0 Å². The SMILES string of the molecule is CN1CC(N2CCNCC2)C1.Cc1ccccc1N(CCC=O)C(N)=O. The first kappa shape index (κ1) is 20.4. The van der Waals surface area contributed by atoms with Crippen molar-refractivity contribution in [1.82, 2.24) is 15.1 Å². The first-order chi connectivity index (χ1) is 12.5. The fraction of sp³-hybridized carbons (Fsp3) is 0.579. The van der Waals surface area contributed by atoms with Crippen LogP contribution in [0, 0.1) is 6.92 Å². The number of likely N-dealkylation sites (tertiary alicyclic amines) is 1. The maximum absolute atomic E-state index is 11.2. The minimum Gasteiger partial charge on any atom is -0.351 e. The zero-order valence-electron chi connectivity index (χ0n) is 15.9. The van der Waals surface area contributed by atoms with Crippen molar-refractivity contribution in [3.05, 3.63) is 29.8 Å². The zero-order valence-corrected chi connectivity index (χ0v) is 15.9. The number of hydrogen-bond acceptors (Lipinski definition) is 5. The van der Waals surface area contributed by atoms with E-state index < -0.39 is 6.03 Å². The third kappa shape index (κ3) is 5.79. The summed E-state index contributed by atoms with van der Waals surface area (Å²) in [4.78, 5) is 27.9. The summed E-state index contributed by atoms with van der Waals surface area (Å²) in [6.45, 7) is 9.63. The van der Waals surface area contributed by atoms with Crippen LogP contribution in [0.4, 0.5) is 10.5 Å². The maximum atomic E-state index is 11.2. The summed E-state index contributed by atoms with van der Waals surface area (Å²) in [5.74, 6) is 0. The van der Waals surface area contributed by atoms with Gasteiger partial charge in [-0.15, -0.1) is 0 Å². The first-order valence-corrected chi connectivity index (χ1v) is 9.22. The van der Waals surface area contributed by atoms with Gasteiger partial charge >= 0.3 is 6.03 Å². The number of hydrogen-bond donors (Lipinski definition) is 2. The number of rotatable bonds is 5. The highest BCUT2D eigenvalue weighted by Gasteiger charge is 2.29. The van der Waals surface area contributed by atoms with E-state index in [2.05, 4.69) is 22.2 Å². The predicted molar refractivity (Wildman–Crippen MR) is 105 cm³/mol. The van der Waals surface area contributed by atoms with Crippen molar-refractivity contribution in [2.75, 3.05) is 57.8 Å². The average Bonchev–Trinajstić information content (AvgIpc) is 2.62. The van der Waals surface area contributed by atoms with Gasteiger partial charge in [0.25, 0.3) is 0 Å². The number of carbonyl (C=O) groups excluding carboxylic acids is 2. The first-order valence-electron chi connectivity index (χ1n) is 9.22. The minimum atomic E-state index is -0.536. The molecule has 0 radical (unpaired) electrons. The van der Waals surface area contributed by atoms with Crippen LogP contribution in [0.1, 0.15) is 12.0 Å². The molecule has 0 bridgehead atoms. The van der Waals surface area contributed by atoms with Crippen LogP contribution in [0.5, 0.6) is 0 Å². The molecular weight excluding hydrogens is 330 g/mol. The van der Waals surface area contributed by atoms with Crippen LogP contribution in [0.2, 0.25) is 0 Å². The van der Waals surface area contributed by atoms with Gasteiger partial charge in [-0.25, -0.2) is 4.79 Å². The van der Waals surface area contributed by atoms with Gasteiger partial charge in [-0.1, -0.05) is 18.2 Å². The quantitative estimate of drug-likeness (QED) is 0.754. The van der Waals surface area contributed by atoms with Crippen LogP contribution >= 0.6 is 0 Å². The van der Waals surface area contributed by atoms with Crippen molar-refractivity contribution in [3.8, 4) is 0 Å². The number of primary amides is 1. The fourth-order valence-electron chi connectivity index (χ4n) is 3.34. The van der Waals surface area contributed by atoms with Gasteiger partial charge in [-0.2, -0.15) is 0 Å². The molecule has 0 atom stereocenters. The molecule has 2 amide bonds. The summed E-state index contributed by atoms with van der Waals surface area (Å²) in [5, 5.41) is 3.37. The molecule has 2 aliphatic heterocycles. The summed E-state index contributed by atoms with van der Waals surface area (Å²) in [5.41, 5.74) is 6.97. The summed E-state index contributed by atoms with van der Waals surface area (Å²) in [6.07, 6.45) is 1.06. The second-order valence-electron chi connectivity index (χ2n) is 6.89.